The zero-order chi connectivity index (χ0) is 17.8. The number of aromatic nitrogens is 1. The summed E-state index contributed by atoms with van der Waals surface area (Å²) < 4.78 is 10.9. The minimum absolute atomic E-state index is 0.0575. The molecule has 128 valence electrons. The van der Waals surface area contributed by atoms with Crippen molar-refractivity contribution in [2.24, 2.45) is 0 Å². The smallest absolute Gasteiger partial charge is 0.262 e. The second-order valence-electron chi connectivity index (χ2n) is 5.85. The Balaban J connectivity index is 1.74. The highest BCUT2D eigenvalue weighted by atomic mass is 16.5. The van der Waals surface area contributed by atoms with Gasteiger partial charge in [0.25, 0.3) is 5.91 Å². The number of nitrogens with one attached hydrogen (secondary N) is 1. The zero-order valence-corrected chi connectivity index (χ0v) is 14.5. The Morgan fingerprint density at radius 2 is 1.96 bits per heavy atom. The van der Waals surface area contributed by atoms with Crippen LogP contribution < -0.4 is 14.8 Å². The van der Waals surface area contributed by atoms with Crippen molar-refractivity contribution >= 4 is 22.5 Å². The molecule has 25 heavy (non-hydrogen) atoms. The van der Waals surface area contributed by atoms with Gasteiger partial charge in [0.05, 0.1) is 18.3 Å². The van der Waals surface area contributed by atoms with Crippen molar-refractivity contribution in [3.63, 3.8) is 0 Å². The monoisotopic (exact) mass is 336 g/mol. The van der Waals surface area contributed by atoms with Gasteiger partial charge in [0.1, 0.15) is 11.5 Å². The van der Waals surface area contributed by atoms with Crippen LogP contribution in [-0.4, -0.2) is 24.6 Å². The molecule has 1 heterocycles. The van der Waals surface area contributed by atoms with Crippen LogP contribution in [0.25, 0.3) is 10.9 Å². The van der Waals surface area contributed by atoms with Crippen LogP contribution in [0.1, 0.15) is 11.1 Å². The van der Waals surface area contributed by atoms with Gasteiger partial charge in [-0.2, -0.15) is 0 Å². The van der Waals surface area contributed by atoms with E-state index in [1.807, 2.05) is 50.2 Å². The van der Waals surface area contributed by atoms with Crippen LogP contribution >= 0.6 is 0 Å². The van der Waals surface area contributed by atoms with Gasteiger partial charge in [-0.1, -0.05) is 12.1 Å². The Labute approximate surface area is 146 Å². The maximum atomic E-state index is 12.3. The highest BCUT2D eigenvalue weighted by Gasteiger charge is 2.09. The van der Waals surface area contributed by atoms with E-state index in [1.54, 1.807) is 19.4 Å². The molecule has 1 N–H and O–H groups in total. The Hall–Kier alpha value is -3.08. The Bertz CT molecular complexity index is 922. The van der Waals surface area contributed by atoms with Crippen LogP contribution in [0.2, 0.25) is 0 Å². The molecular weight excluding hydrogens is 316 g/mol. The zero-order valence-electron chi connectivity index (χ0n) is 14.5. The van der Waals surface area contributed by atoms with E-state index in [4.69, 9.17) is 9.47 Å². The Morgan fingerprint density at radius 3 is 2.76 bits per heavy atom. The number of anilines is 1. The number of fused-ring (bicyclic) bond motifs is 1. The highest BCUT2D eigenvalue weighted by molar-refractivity contribution is 6.01. The fourth-order valence-corrected chi connectivity index (χ4v) is 2.55. The second-order valence-corrected chi connectivity index (χ2v) is 5.85. The molecule has 3 rings (SSSR count). The summed E-state index contributed by atoms with van der Waals surface area (Å²) in [5.74, 6) is 1.20. The van der Waals surface area contributed by atoms with Gasteiger partial charge in [0.15, 0.2) is 6.61 Å². The molecule has 3 aromatic rings. The molecule has 1 amide bonds. The summed E-state index contributed by atoms with van der Waals surface area (Å²) in [6.07, 6.45) is 1.66. The average molecular weight is 336 g/mol. The number of pyridine rings is 1. The molecule has 5 heteroatoms. The third-order valence-electron chi connectivity index (χ3n) is 3.93. The molecule has 0 unspecified atom stereocenters. The summed E-state index contributed by atoms with van der Waals surface area (Å²) in [7, 11) is 1.60. The third-order valence-corrected chi connectivity index (χ3v) is 3.93. The lowest BCUT2D eigenvalue weighted by molar-refractivity contribution is -0.118. The minimum Gasteiger partial charge on any atom is -0.497 e. The molecule has 0 atom stereocenters. The van der Waals surface area contributed by atoms with Gasteiger partial charge in [-0.15, -0.1) is 0 Å². The summed E-state index contributed by atoms with van der Waals surface area (Å²) in [6, 6.07) is 13.2. The first kappa shape index (κ1) is 16.8. The quantitative estimate of drug-likeness (QED) is 0.768. The molecule has 0 aliphatic heterocycles. The van der Waals surface area contributed by atoms with Crippen molar-refractivity contribution in [3.8, 4) is 11.5 Å². The predicted octanol–water partition coefficient (Wildman–Crippen LogP) is 3.88. The van der Waals surface area contributed by atoms with E-state index >= 15 is 0 Å². The van der Waals surface area contributed by atoms with E-state index in [1.165, 1.54) is 0 Å². The molecular formula is C20H20N2O3. The number of hydrogen-bond donors (Lipinski definition) is 1. The maximum Gasteiger partial charge on any atom is 0.262 e. The summed E-state index contributed by atoms with van der Waals surface area (Å²) in [6.45, 7) is 3.89. The van der Waals surface area contributed by atoms with E-state index in [0.717, 1.165) is 27.8 Å². The van der Waals surface area contributed by atoms with Crippen molar-refractivity contribution in [1.82, 2.24) is 4.98 Å². The van der Waals surface area contributed by atoms with E-state index < -0.39 is 0 Å². The summed E-state index contributed by atoms with van der Waals surface area (Å²) in [5, 5.41) is 3.70. The molecule has 0 saturated carbocycles. The fraction of sp³-hybridized carbons (Fsp3) is 0.200. The molecule has 0 bridgehead atoms. The van der Waals surface area contributed by atoms with Crippen LogP contribution in [-0.2, 0) is 4.79 Å². The van der Waals surface area contributed by atoms with Gasteiger partial charge in [-0.3, -0.25) is 9.78 Å². The van der Waals surface area contributed by atoms with Gasteiger partial charge in [0.2, 0.25) is 0 Å². The van der Waals surface area contributed by atoms with Gasteiger partial charge in [-0.25, -0.2) is 0 Å². The molecule has 0 radical (unpaired) electrons. The van der Waals surface area contributed by atoms with Crippen LogP contribution in [0.4, 0.5) is 5.69 Å². The van der Waals surface area contributed by atoms with E-state index in [9.17, 15) is 4.79 Å². The molecule has 5 nitrogen and oxygen atoms in total. The van der Waals surface area contributed by atoms with Crippen molar-refractivity contribution in [3.05, 3.63) is 59.8 Å². The highest BCUT2D eigenvalue weighted by Crippen LogP contribution is 2.26. The van der Waals surface area contributed by atoms with Gasteiger partial charge in [0, 0.05) is 11.6 Å². The normalized spacial score (nSPS) is 10.5. The average Bonchev–Trinajstić information content (AvgIpc) is 2.62. The number of aryl methyl sites for hydroxylation is 2. The van der Waals surface area contributed by atoms with Crippen LogP contribution in [0.3, 0.4) is 0 Å². The van der Waals surface area contributed by atoms with Crippen LogP contribution in [0, 0.1) is 13.8 Å². The van der Waals surface area contributed by atoms with Crippen molar-refractivity contribution in [2.75, 3.05) is 19.0 Å². The molecule has 0 saturated heterocycles. The first-order valence-electron chi connectivity index (χ1n) is 7.99. The minimum atomic E-state index is -0.226. The Morgan fingerprint density at radius 1 is 1.12 bits per heavy atom. The first-order chi connectivity index (χ1) is 12.1. The topological polar surface area (TPSA) is 60.5 Å². The summed E-state index contributed by atoms with van der Waals surface area (Å²) in [4.78, 5) is 16.6. The van der Waals surface area contributed by atoms with E-state index in [2.05, 4.69) is 10.3 Å². The summed E-state index contributed by atoms with van der Waals surface area (Å²) in [5.41, 5.74) is 3.55. The number of rotatable bonds is 5. The number of nitrogens with zero attached hydrogens (tertiary/aromatic N) is 1. The Kier molecular flexibility index (Phi) is 4.84. The number of carbonyl (C=O) groups excluding carboxylic acids is 1. The van der Waals surface area contributed by atoms with Crippen molar-refractivity contribution in [2.45, 2.75) is 13.8 Å². The predicted molar refractivity (Wildman–Crippen MR) is 98.3 cm³/mol. The summed E-state index contributed by atoms with van der Waals surface area (Å²) >= 11 is 0. The van der Waals surface area contributed by atoms with Crippen LogP contribution in [0.5, 0.6) is 11.5 Å². The molecule has 0 fully saturated rings. The fourth-order valence-electron chi connectivity index (χ4n) is 2.55. The molecule has 0 aliphatic carbocycles. The maximum absolute atomic E-state index is 12.3. The lowest BCUT2D eigenvalue weighted by Crippen LogP contribution is -2.20. The number of amides is 1. The lowest BCUT2D eigenvalue weighted by Gasteiger charge is -2.12. The van der Waals surface area contributed by atoms with Gasteiger partial charge in [-0.05, 0) is 55.3 Å². The van der Waals surface area contributed by atoms with E-state index in [0.29, 0.717) is 11.4 Å². The molecule has 0 spiro atoms. The number of carbonyl (C=O) groups is 1. The van der Waals surface area contributed by atoms with Crippen molar-refractivity contribution < 1.29 is 14.3 Å². The van der Waals surface area contributed by atoms with Crippen molar-refractivity contribution in [1.29, 1.82) is 0 Å². The first-order valence-corrected chi connectivity index (χ1v) is 7.99. The number of ether oxygens (including phenoxy) is 2. The lowest BCUT2D eigenvalue weighted by atomic mass is 10.1. The van der Waals surface area contributed by atoms with Gasteiger partial charge < -0.3 is 14.8 Å². The molecule has 2 aromatic carbocycles. The standard InChI is InChI=1S/C20H20N2O3/c1-13-4-5-14(2)19(10-13)25-12-20(23)22-18-8-9-21-17-7-6-15(24-3)11-16(17)18/h4-11H,12H2,1-3H3,(H,21,22,23). The number of benzene rings is 2. The van der Waals surface area contributed by atoms with Gasteiger partial charge >= 0.3 is 0 Å². The third kappa shape index (κ3) is 3.88. The molecule has 0 aliphatic rings. The van der Waals surface area contributed by atoms with Crippen LogP contribution in [0.15, 0.2) is 48.7 Å². The molecule has 1 aromatic heterocycles. The second kappa shape index (κ2) is 7.21. The SMILES string of the molecule is COc1ccc2nccc(NC(=O)COc3cc(C)ccc3C)c2c1. The largest absolute Gasteiger partial charge is 0.497 e. The number of hydrogen-bond acceptors (Lipinski definition) is 4. The number of methoxy groups -OCH3 is 1. The van der Waals surface area contributed by atoms with E-state index in [-0.39, 0.29) is 12.5 Å².